The van der Waals surface area contributed by atoms with Crippen molar-refractivity contribution in [2.24, 2.45) is 5.73 Å². The number of carbonyl (C=O) groups excluding carboxylic acids is 1. The van der Waals surface area contributed by atoms with Crippen LogP contribution < -0.4 is 10.5 Å². The average molecular weight is 397 g/mol. The molecule has 2 aromatic carbocycles. The van der Waals surface area contributed by atoms with E-state index in [1.54, 1.807) is 7.11 Å². The van der Waals surface area contributed by atoms with Gasteiger partial charge in [0.15, 0.2) is 0 Å². The lowest BCUT2D eigenvalue weighted by atomic mass is 9.98. The number of hydrogen-bond donors (Lipinski definition) is 1. The Morgan fingerprint density at radius 1 is 1.18 bits per heavy atom. The first-order chi connectivity index (χ1) is 13.5. The monoisotopic (exact) mass is 396 g/mol. The third-order valence-electron chi connectivity index (χ3n) is 4.97. The number of carbonyl (C=O) groups is 1. The highest BCUT2D eigenvalue weighted by Crippen LogP contribution is 2.35. The van der Waals surface area contributed by atoms with Crippen LogP contribution in [0, 0.1) is 6.92 Å². The lowest BCUT2D eigenvalue weighted by Crippen LogP contribution is -2.13. The maximum Gasteiger partial charge on any atom is 0.251 e. The molecular weight excluding hydrogens is 372 g/mol. The topological polar surface area (TPSA) is 57.2 Å². The molecule has 3 rings (SSSR count). The molecule has 0 radical (unpaired) electrons. The second-order valence-electron chi connectivity index (χ2n) is 6.84. The molecule has 0 aliphatic rings. The van der Waals surface area contributed by atoms with Gasteiger partial charge in [-0.25, -0.2) is 0 Å². The zero-order chi connectivity index (χ0) is 20.3. The summed E-state index contributed by atoms with van der Waals surface area (Å²) in [6.07, 6.45) is 1.80. The van der Waals surface area contributed by atoms with Crippen LogP contribution in [-0.2, 0) is 13.0 Å². The molecule has 0 aliphatic heterocycles. The molecule has 0 saturated heterocycles. The molecule has 3 aromatic rings. The number of benzene rings is 2. The molecule has 0 bridgehead atoms. The Morgan fingerprint density at radius 2 is 1.89 bits per heavy atom. The summed E-state index contributed by atoms with van der Waals surface area (Å²) in [6, 6.07) is 15.5. The van der Waals surface area contributed by atoms with Gasteiger partial charge in [-0.05, 0) is 48.7 Å². The summed E-state index contributed by atoms with van der Waals surface area (Å²) in [6.45, 7) is 4.72. The number of primary amides is 1. The van der Waals surface area contributed by atoms with Gasteiger partial charge in [0.2, 0.25) is 0 Å². The number of methoxy groups -OCH3 is 1. The van der Waals surface area contributed by atoms with Gasteiger partial charge in [-0.3, -0.25) is 4.79 Å². The number of halogens is 1. The van der Waals surface area contributed by atoms with E-state index in [1.165, 1.54) is 0 Å². The lowest BCUT2D eigenvalue weighted by molar-refractivity contribution is 0.1000. The van der Waals surface area contributed by atoms with Crippen LogP contribution in [0.3, 0.4) is 0 Å². The minimum Gasteiger partial charge on any atom is -0.497 e. The van der Waals surface area contributed by atoms with Crippen molar-refractivity contribution < 1.29 is 9.53 Å². The van der Waals surface area contributed by atoms with Gasteiger partial charge in [0, 0.05) is 28.5 Å². The van der Waals surface area contributed by atoms with Crippen molar-refractivity contribution in [3.8, 4) is 16.9 Å². The fourth-order valence-electron chi connectivity index (χ4n) is 3.70. The van der Waals surface area contributed by atoms with Gasteiger partial charge in [0.1, 0.15) is 5.75 Å². The van der Waals surface area contributed by atoms with E-state index in [9.17, 15) is 4.79 Å². The van der Waals surface area contributed by atoms with Gasteiger partial charge >= 0.3 is 0 Å². The molecular formula is C23H25ClN2O2. The highest BCUT2D eigenvalue weighted by molar-refractivity contribution is 6.30. The molecule has 28 heavy (non-hydrogen) atoms. The Hall–Kier alpha value is -2.72. The Bertz CT molecular complexity index is 991. The number of nitrogens with zero attached hydrogens (tertiary/aromatic N) is 1. The van der Waals surface area contributed by atoms with Crippen molar-refractivity contribution in [1.82, 2.24) is 4.57 Å². The smallest absolute Gasteiger partial charge is 0.251 e. The normalized spacial score (nSPS) is 10.9. The number of aromatic nitrogens is 1. The molecule has 146 valence electrons. The quantitative estimate of drug-likeness (QED) is 0.594. The number of amides is 1. The van der Waals surface area contributed by atoms with Crippen LogP contribution in [0.25, 0.3) is 11.1 Å². The summed E-state index contributed by atoms with van der Waals surface area (Å²) >= 11 is 6.17. The van der Waals surface area contributed by atoms with Crippen LogP contribution in [-0.4, -0.2) is 17.6 Å². The summed E-state index contributed by atoms with van der Waals surface area (Å²) in [5.74, 6) is 0.363. The van der Waals surface area contributed by atoms with E-state index in [0.717, 1.165) is 46.7 Å². The van der Waals surface area contributed by atoms with Crippen LogP contribution >= 0.6 is 11.6 Å². The fraction of sp³-hybridized carbons (Fsp3) is 0.261. The van der Waals surface area contributed by atoms with E-state index >= 15 is 0 Å². The van der Waals surface area contributed by atoms with Crippen molar-refractivity contribution in [3.63, 3.8) is 0 Å². The van der Waals surface area contributed by atoms with Gasteiger partial charge < -0.3 is 15.0 Å². The third-order valence-corrected chi connectivity index (χ3v) is 5.21. The van der Waals surface area contributed by atoms with E-state index in [1.807, 2.05) is 55.5 Å². The van der Waals surface area contributed by atoms with Gasteiger partial charge in [0.25, 0.3) is 5.91 Å². The molecule has 1 heterocycles. The van der Waals surface area contributed by atoms with Crippen molar-refractivity contribution >= 4 is 17.5 Å². The number of ether oxygens (including phenoxy) is 1. The molecule has 0 spiro atoms. The van der Waals surface area contributed by atoms with Gasteiger partial charge in [-0.2, -0.15) is 0 Å². The molecule has 0 saturated carbocycles. The standard InChI is InChI=1S/C23H25ClN2O2/c1-4-6-20-22(17-9-11-19(28-3)12-10-17)21(23(25)27)15(2)26(20)14-16-7-5-8-18(24)13-16/h5,7-13H,4,6,14H2,1-3H3,(H2,25,27). The van der Waals surface area contributed by atoms with E-state index < -0.39 is 5.91 Å². The summed E-state index contributed by atoms with van der Waals surface area (Å²) in [5, 5.41) is 0.699. The zero-order valence-electron chi connectivity index (χ0n) is 16.5. The highest BCUT2D eigenvalue weighted by Gasteiger charge is 2.24. The Balaban J connectivity index is 2.20. The third kappa shape index (κ3) is 3.92. The van der Waals surface area contributed by atoms with E-state index in [4.69, 9.17) is 22.1 Å². The van der Waals surface area contributed by atoms with E-state index in [0.29, 0.717) is 17.1 Å². The van der Waals surface area contributed by atoms with Crippen molar-refractivity contribution in [2.45, 2.75) is 33.2 Å². The zero-order valence-corrected chi connectivity index (χ0v) is 17.2. The van der Waals surface area contributed by atoms with Crippen LogP contribution in [0.4, 0.5) is 0 Å². The number of nitrogens with two attached hydrogens (primary N) is 1. The van der Waals surface area contributed by atoms with Gasteiger partial charge in [0.05, 0.1) is 12.7 Å². The van der Waals surface area contributed by atoms with Crippen molar-refractivity contribution in [3.05, 3.63) is 76.1 Å². The molecule has 2 N–H and O–H groups in total. The van der Waals surface area contributed by atoms with Crippen molar-refractivity contribution in [2.75, 3.05) is 7.11 Å². The largest absolute Gasteiger partial charge is 0.497 e. The first-order valence-electron chi connectivity index (χ1n) is 9.36. The second kappa shape index (κ2) is 8.53. The molecule has 0 atom stereocenters. The Labute approximate surface area is 170 Å². The summed E-state index contributed by atoms with van der Waals surface area (Å²) in [4.78, 5) is 12.4. The van der Waals surface area contributed by atoms with Crippen LogP contribution in [0.5, 0.6) is 5.75 Å². The fourth-order valence-corrected chi connectivity index (χ4v) is 3.91. The van der Waals surface area contributed by atoms with Crippen molar-refractivity contribution in [1.29, 1.82) is 0 Å². The van der Waals surface area contributed by atoms with E-state index in [2.05, 4.69) is 11.5 Å². The maximum atomic E-state index is 12.4. The molecule has 5 heteroatoms. The molecule has 0 aliphatic carbocycles. The molecule has 1 amide bonds. The molecule has 0 unspecified atom stereocenters. The molecule has 1 aromatic heterocycles. The van der Waals surface area contributed by atoms with Crippen LogP contribution in [0.15, 0.2) is 48.5 Å². The summed E-state index contributed by atoms with van der Waals surface area (Å²) in [7, 11) is 1.64. The Kier molecular flexibility index (Phi) is 6.10. The number of hydrogen-bond acceptors (Lipinski definition) is 2. The van der Waals surface area contributed by atoms with Crippen LogP contribution in [0.2, 0.25) is 5.02 Å². The predicted octanol–water partition coefficient (Wildman–Crippen LogP) is 5.23. The summed E-state index contributed by atoms with van der Waals surface area (Å²) in [5.41, 5.74) is 11.3. The Morgan fingerprint density at radius 3 is 2.46 bits per heavy atom. The minimum atomic E-state index is -0.412. The van der Waals surface area contributed by atoms with E-state index in [-0.39, 0.29) is 0 Å². The average Bonchev–Trinajstić information content (AvgIpc) is 2.94. The summed E-state index contributed by atoms with van der Waals surface area (Å²) < 4.78 is 7.46. The number of rotatable bonds is 7. The lowest BCUT2D eigenvalue weighted by Gasteiger charge is -2.13. The maximum absolute atomic E-state index is 12.4. The van der Waals surface area contributed by atoms with Gasteiger partial charge in [-0.15, -0.1) is 0 Å². The predicted molar refractivity (Wildman–Crippen MR) is 114 cm³/mol. The highest BCUT2D eigenvalue weighted by atomic mass is 35.5. The van der Waals surface area contributed by atoms with Crippen LogP contribution in [0.1, 0.15) is 40.7 Å². The SMILES string of the molecule is CCCc1c(-c2ccc(OC)cc2)c(C(N)=O)c(C)n1Cc1cccc(Cl)c1. The first kappa shape index (κ1) is 20.0. The minimum absolute atomic E-state index is 0.412. The molecule has 0 fully saturated rings. The first-order valence-corrected chi connectivity index (χ1v) is 9.74. The molecule has 4 nitrogen and oxygen atoms in total. The second-order valence-corrected chi connectivity index (χ2v) is 7.28. The van der Waals surface area contributed by atoms with Gasteiger partial charge in [-0.1, -0.05) is 49.2 Å².